The van der Waals surface area contributed by atoms with Crippen LogP contribution < -0.4 is 10.6 Å². The molecule has 5 rings (SSSR count). The number of benzene rings is 4. The molecule has 0 aliphatic heterocycles. The van der Waals surface area contributed by atoms with Crippen molar-refractivity contribution in [3.63, 3.8) is 0 Å². The van der Waals surface area contributed by atoms with Crippen LogP contribution in [0.2, 0.25) is 0 Å². The zero-order valence-corrected chi connectivity index (χ0v) is 32.0. The van der Waals surface area contributed by atoms with Crippen molar-refractivity contribution in [1.29, 1.82) is 0 Å². The summed E-state index contributed by atoms with van der Waals surface area (Å²) in [6, 6.07) is 26.6. The first-order valence-electron chi connectivity index (χ1n) is 19.1. The standard InChI is InChI=1S/C45H60N2O4/c1-29(2)25-44(50,26-30(3)4)39(37-21-13-17-33-15-9-11-19-35(33)37)46-41(48)43(23-24-43)42(49)47-40(45(51,27-31(5)6)28-32(7)8)38-22-14-18-34-16-10-12-20-36(34)38/h9-22,29-32,39-40,50-51H,23-28H2,1-8H3,(H,46,48)(H,47,49)/t39-,40-/m0/s1. The fourth-order valence-electron chi connectivity index (χ4n) is 8.69. The topological polar surface area (TPSA) is 98.7 Å². The van der Waals surface area contributed by atoms with E-state index in [2.05, 4.69) is 66.0 Å². The molecule has 1 fully saturated rings. The summed E-state index contributed by atoms with van der Waals surface area (Å²) in [4.78, 5) is 29.4. The second-order valence-electron chi connectivity index (χ2n) is 17.1. The average Bonchev–Trinajstić information content (AvgIpc) is 3.86. The molecule has 51 heavy (non-hydrogen) atoms. The normalized spacial score (nSPS) is 15.9. The molecule has 4 N–H and O–H groups in total. The maximum Gasteiger partial charge on any atom is 0.236 e. The van der Waals surface area contributed by atoms with Gasteiger partial charge < -0.3 is 20.8 Å². The Bertz CT molecular complexity index is 1660. The molecule has 0 spiro atoms. The van der Waals surface area contributed by atoms with E-state index >= 15 is 0 Å². The highest BCUT2D eigenvalue weighted by atomic mass is 16.3. The summed E-state index contributed by atoms with van der Waals surface area (Å²) in [6.45, 7) is 16.7. The Balaban J connectivity index is 1.56. The van der Waals surface area contributed by atoms with Gasteiger partial charge in [-0.15, -0.1) is 0 Å². The van der Waals surface area contributed by atoms with E-state index in [9.17, 15) is 19.8 Å². The summed E-state index contributed by atoms with van der Waals surface area (Å²) in [5.74, 6) is -0.0805. The predicted molar refractivity (Wildman–Crippen MR) is 209 cm³/mol. The van der Waals surface area contributed by atoms with E-state index in [1.165, 1.54) is 0 Å². The highest BCUT2D eigenvalue weighted by Gasteiger charge is 2.59. The lowest BCUT2D eigenvalue weighted by Crippen LogP contribution is -2.54. The van der Waals surface area contributed by atoms with Gasteiger partial charge in [0.05, 0.1) is 23.3 Å². The van der Waals surface area contributed by atoms with Crippen LogP contribution in [0, 0.1) is 29.1 Å². The van der Waals surface area contributed by atoms with Crippen LogP contribution >= 0.6 is 0 Å². The highest BCUT2D eigenvalue weighted by molar-refractivity contribution is 6.08. The average molecular weight is 693 g/mol. The van der Waals surface area contributed by atoms with Gasteiger partial charge >= 0.3 is 0 Å². The summed E-state index contributed by atoms with van der Waals surface area (Å²) >= 11 is 0. The summed E-state index contributed by atoms with van der Waals surface area (Å²) in [7, 11) is 0. The Morgan fingerprint density at radius 2 is 0.863 bits per heavy atom. The molecule has 1 aliphatic rings. The van der Waals surface area contributed by atoms with Gasteiger partial charge in [-0.3, -0.25) is 9.59 Å². The molecule has 0 radical (unpaired) electrons. The zero-order valence-electron chi connectivity index (χ0n) is 32.0. The zero-order chi connectivity index (χ0) is 37.1. The minimum atomic E-state index is -1.31. The van der Waals surface area contributed by atoms with Gasteiger partial charge in [-0.05, 0) is 94.9 Å². The smallest absolute Gasteiger partial charge is 0.236 e. The molecule has 0 saturated heterocycles. The van der Waals surface area contributed by atoms with Gasteiger partial charge in [0.25, 0.3) is 0 Å². The third kappa shape index (κ3) is 8.50. The molecule has 0 heterocycles. The second kappa shape index (κ2) is 15.5. The highest BCUT2D eigenvalue weighted by Crippen LogP contribution is 2.50. The molecular weight excluding hydrogens is 633 g/mol. The molecule has 6 heteroatoms. The van der Waals surface area contributed by atoms with Gasteiger partial charge in [-0.1, -0.05) is 140 Å². The van der Waals surface area contributed by atoms with Crippen LogP contribution in [0.1, 0.15) is 117 Å². The number of carbonyl (C=O) groups is 2. The molecule has 6 nitrogen and oxygen atoms in total. The van der Waals surface area contributed by atoms with Crippen molar-refractivity contribution >= 4 is 33.4 Å². The molecular formula is C45H60N2O4. The fourth-order valence-corrected chi connectivity index (χ4v) is 8.69. The van der Waals surface area contributed by atoms with Crippen LogP contribution in [0.25, 0.3) is 21.5 Å². The van der Waals surface area contributed by atoms with Crippen LogP contribution in [0.3, 0.4) is 0 Å². The van der Waals surface area contributed by atoms with Gasteiger partial charge in [0.1, 0.15) is 5.41 Å². The molecule has 0 aromatic heterocycles. The third-order valence-electron chi connectivity index (χ3n) is 10.6. The lowest BCUT2D eigenvalue weighted by atomic mass is 9.75. The summed E-state index contributed by atoms with van der Waals surface area (Å²) in [5.41, 5.74) is -2.13. The van der Waals surface area contributed by atoms with Crippen molar-refractivity contribution in [2.24, 2.45) is 29.1 Å². The number of fused-ring (bicyclic) bond motifs is 2. The molecule has 0 bridgehead atoms. The number of hydrogen-bond acceptors (Lipinski definition) is 4. The Morgan fingerprint density at radius 1 is 0.549 bits per heavy atom. The van der Waals surface area contributed by atoms with Gasteiger partial charge in [-0.25, -0.2) is 0 Å². The maximum absolute atomic E-state index is 14.7. The van der Waals surface area contributed by atoms with E-state index in [1.807, 2.05) is 84.9 Å². The molecule has 2 amide bonds. The Morgan fingerprint density at radius 3 is 1.18 bits per heavy atom. The van der Waals surface area contributed by atoms with Crippen molar-refractivity contribution < 1.29 is 19.8 Å². The van der Waals surface area contributed by atoms with E-state index in [0.717, 1.165) is 32.7 Å². The summed E-state index contributed by atoms with van der Waals surface area (Å²) in [5, 5.41) is 35.8. The van der Waals surface area contributed by atoms with Gasteiger partial charge in [0, 0.05) is 0 Å². The lowest BCUT2D eigenvalue weighted by Gasteiger charge is -2.41. The van der Waals surface area contributed by atoms with Crippen molar-refractivity contribution in [3.8, 4) is 0 Å². The molecule has 4 aromatic carbocycles. The van der Waals surface area contributed by atoms with Crippen LogP contribution in [0.4, 0.5) is 0 Å². The van der Waals surface area contributed by atoms with Crippen LogP contribution in [-0.4, -0.2) is 33.2 Å². The molecule has 4 aromatic rings. The van der Waals surface area contributed by atoms with E-state index in [-0.39, 0.29) is 35.5 Å². The van der Waals surface area contributed by atoms with Crippen molar-refractivity contribution in [1.82, 2.24) is 10.6 Å². The number of amides is 2. The second-order valence-corrected chi connectivity index (χ2v) is 17.1. The maximum atomic E-state index is 14.7. The fraction of sp³-hybridized carbons (Fsp3) is 0.511. The Labute approximate surface area is 305 Å². The van der Waals surface area contributed by atoms with Crippen molar-refractivity contribution in [2.75, 3.05) is 0 Å². The summed E-state index contributed by atoms with van der Waals surface area (Å²) in [6.07, 6.45) is 2.74. The van der Waals surface area contributed by atoms with E-state index < -0.39 is 28.7 Å². The molecule has 0 unspecified atom stereocenters. The Kier molecular flexibility index (Phi) is 11.7. The number of hydrogen-bond donors (Lipinski definition) is 4. The predicted octanol–water partition coefficient (Wildman–Crippen LogP) is 9.43. The van der Waals surface area contributed by atoms with Crippen LogP contribution in [0.5, 0.6) is 0 Å². The van der Waals surface area contributed by atoms with E-state index in [4.69, 9.17) is 0 Å². The van der Waals surface area contributed by atoms with Gasteiger partial charge in [0.2, 0.25) is 11.8 Å². The number of carbonyl (C=O) groups excluding carboxylic acids is 2. The molecule has 2 atom stereocenters. The van der Waals surface area contributed by atoms with Gasteiger partial charge in [-0.2, -0.15) is 0 Å². The van der Waals surface area contributed by atoms with Crippen molar-refractivity contribution in [2.45, 2.75) is 117 Å². The first kappa shape index (κ1) is 38.5. The number of rotatable bonds is 16. The quantitative estimate of drug-likeness (QED) is 0.0880. The first-order chi connectivity index (χ1) is 24.1. The molecule has 1 aliphatic carbocycles. The first-order valence-corrected chi connectivity index (χ1v) is 19.1. The number of aliphatic hydroxyl groups is 2. The minimum Gasteiger partial charge on any atom is -0.387 e. The minimum absolute atomic E-state index is 0.169. The number of nitrogens with one attached hydrogen (secondary N) is 2. The monoisotopic (exact) mass is 692 g/mol. The lowest BCUT2D eigenvalue weighted by molar-refractivity contribution is -0.142. The molecule has 1 saturated carbocycles. The van der Waals surface area contributed by atoms with Crippen LogP contribution in [-0.2, 0) is 9.59 Å². The van der Waals surface area contributed by atoms with E-state index in [0.29, 0.717) is 38.5 Å². The molecule has 274 valence electrons. The van der Waals surface area contributed by atoms with Crippen molar-refractivity contribution in [3.05, 3.63) is 96.1 Å². The van der Waals surface area contributed by atoms with E-state index in [1.54, 1.807) is 0 Å². The Hall–Kier alpha value is -3.74. The SMILES string of the molecule is CC(C)CC(O)(CC(C)C)[C@@H](NC(=O)C1(C(=O)N[C@@H](c2cccc3ccccc23)C(O)(CC(C)C)CC(C)C)CC1)c1cccc2ccccc12. The third-order valence-corrected chi connectivity index (χ3v) is 10.6. The van der Waals surface area contributed by atoms with Gasteiger partial charge in [0.15, 0.2) is 0 Å². The largest absolute Gasteiger partial charge is 0.387 e. The van der Waals surface area contributed by atoms with Crippen LogP contribution in [0.15, 0.2) is 84.9 Å². The summed E-state index contributed by atoms with van der Waals surface area (Å²) < 4.78 is 0.